The van der Waals surface area contributed by atoms with Crippen molar-refractivity contribution in [1.29, 1.82) is 0 Å². The van der Waals surface area contributed by atoms with Gasteiger partial charge in [0.05, 0.1) is 36.1 Å². The Bertz CT molecular complexity index is 1090. The lowest BCUT2D eigenvalue weighted by Gasteiger charge is -2.34. The zero-order chi connectivity index (χ0) is 26.5. The van der Waals surface area contributed by atoms with Crippen LogP contribution in [0.3, 0.4) is 0 Å². The molecular weight excluding hydrogens is 530 g/mol. The number of halogens is 1. The van der Waals surface area contributed by atoms with E-state index in [-0.39, 0.29) is 37.5 Å². The average molecular weight is 562 g/mol. The first-order chi connectivity index (χ1) is 17.0. The number of aryl methyl sites for hydroxylation is 1. The number of likely N-dealkylation sites (tertiary alicyclic amines) is 1. The highest BCUT2D eigenvalue weighted by Gasteiger charge is 2.45. The Morgan fingerprint density at radius 1 is 1.25 bits per heavy atom. The molecule has 0 spiro atoms. The molecule has 2 aliphatic heterocycles. The van der Waals surface area contributed by atoms with Gasteiger partial charge in [0, 0.05) is 45.7 Å². The van der Waals surface area contributed by atoms with Gasteiger partial charge in [0.2, 0.25) is 27.7 Å². The molecule has 0 aromatic carbocycles. The molecule has 3 rings (SSSR count). The number of thiophene rings is 1. The first-order valence-electron chi connectivity index (χ1n) is 11.6. The number of amides is 3. The van der Waals surface area contributed by atoms with Crippen molar-refractivity contribution >= 4 is 57.0 Å². The Kier molecular flexibility index (Phi) is 9.86. The van der Waals surface area contributed by atoms with E-state index in [2.05, 4.69) is 4.99 Å². The van der Waals surface area contributed by atoms with Crippen LogP contribution >= 0.6 is 22.9 Å². The monoisotopic (exact) mass is 561 g/mol. The first kappa shape index (κ1) is 28.5. The van der Waals surface area contributed by atoms with Crippen LogP contribution < -0.4 is 0 Å². The molecule has 2 aliphatic rings. The first-order valence-corrected chi connectivity index (χ1v) is 14.4. The summed E-state index contributed by atoms with van der Waals surface area (Å²) in [6.45, 7) is 1.62. The second-order valence-corrected chi connectivity index (χ2v) is 12.8. The zero-order valence-corrected chi connectivity index (χ0v) is 23.0. The molecule has 2 saturated heterocycles. The van der Waals surface area contributed by atoms with Gasteiger partial charge in [-0.2, -0.15) is 4.31 Å². The average Bonchev–Trinajstić information content (AvgIpc) is 3.44. The van der Waals surface area contributed by atoms with Gasteiger partial charge in [-0.3, -0.25) is 14.4 Å². The Morgan fingerprint density at radius 2 is 1.94 bits per heavy atom. The molecule has 36 heavy (non-hydrogen) atoms. The van der Waals surface area contributed by atoms with Crippen LogP contribution in [0.15, 0.2) is 17.1 Å². The minimum atomic E-state index is -3.76. The number of rotatable bonds is 10. The lowest BCUT2D eigenvalue weighted by Crippen LogP contribution is -2.54. The van der Waals surface area contributed by atoms with E-state index < -0.39 is 33.9 Å². The van der Waals surface area contributed by atoms with Crippen molar-refractivity contribution < 1.29 is 27.5 Å². The summed E-state index contributed by atoms with van der Waals surface area (Å²) in [6.07, 6.45) is 1.57. The lowest BCUT2D eigenvalue weighted by molar-refractivity contribution is -0.148. The largest absolute Gasteiger partial charge is 0.378 e. The van der Waals surface area contributed by atoms with Crippen molar-refractivity contribution in [2.45, 2.75) is 31.3 Å². The SMILES string of the molecule is CN(C)C=NC(=O)C[C@@H](C(=O)N1CCOCC1)N1CC[C@H](N(C)S(=O)(=O)CCc2ccc(Cl)s2)C1=O. The van der Waals surface area contributed by atoms with E-state index in [4.69, 9.17) is 16.3 Å². The van der Waals surface area contributed by atoms with Crippen LogP contribution in [0.1, 0.15) is 17.7 Å². The number of carbonyl (C=O) groups excluding carboxylic acids is 3. The number of likely N-dealkylation sites (N-methyl/N-ethyl adjacent to an activating group) is 1. The molecule has 3 amide bonds. The van der Waals surface area contributed by atoms with Crippen molar-refractivity contribution in [2.24, 2.45) is 4.99 Å². The third kappa shape index (κ3) is 7.25. The van der Waals surface area contributed by atoms with E-state index in [1.165, 1.54) is 29.6 Å². The van der Waals surface area contributed by atoms with Crippen LogP contribution in [-0.4, -0.2) is 123 Å². The summed E-state index contributed by atoms with van der Waals surface area (Å²) in [5.41, 5.74) is 0. The number of ether oxygens (including phenoxy) is 1. The van der Waals surface area contributed by atoms with Crippen molar-refractivity contribution in [3.63, 3.8) is 0 Å². The zero-order valence-electron chi connectivity index (χ0n) is 20.6. The summed E-state index contributed by atoms with van der Waals surface area (Å²) >= 11 is 7.24. The van der Waals surface area contributed by atoms with Crippen molar-refractivity contribution in [3.05, 3.63) is 21.3 Å². The second kappa shape index (κ2) is 12.5. The molecule has 0 saturated carbocycles. The fraction of sp³-hybridized carbons (Fsp3) is 0.636. The molecule has 1 aromatic rings. The molecule has 0 unspecified atom stereocenters. The smallest absolute Gasteiger partial charge is 0.249 e. The summed E-state index contributed by atoms with van der Waals surface area (Å²) in [7, 11) is 1.05. The maximum absolute atomic E-state index is 13.4. The predicted molar refractivity (Wildman–Crippen MR) is 138 cm³/mol. The van der Waals surface area contributed by atoms with E-state index in [1.807, 2.05) is 0 Å². The van der Waals surface area contributed by atoms with Gasteiger partial charge in [-0.05, 0) is 25.0 Å². The maximum atomic E-state index is 13.4. The maximum Gasteiger partial charge on any atom is 0.249 e. The Hall–Kier alpha value is -2.06. The van der Waals surface area contributed by atoms with Gasteiger partial charge in [0.1, 0.15) is 12.1 Å². The number of nitrogens with zero attached hydrogens (tertiary/aromatic N) is 5. The van der Waals surface area contributed by atoms with Gasteiger partial charge in [0.15, 0.2) is 0 Å². The number of morpholine rings is 1. The Morgan fingerprint density at radius 3 is 2.56 bits per heavy atom. The number of carbonyl (C=O) groups is 3. The predicted octanol–water partition coefficient (Wildman–Crippen LogP) is 0.541. The summed E-state index contributed by atoms with van der Waals surface area (Å²) in [6, 6.07) is 1.49. The fourth-order valence-electron chi connectivity index (χ4n) is 4.11. The van der Waals surface area contributed by atoms with Crippen LogP contribution in [0.2, 0.25) is 4.34 Å². The molecule has 0 bridgehead atoms. The third-order valence-corrected chi connectivity index (χ3v) is 9.25. The van der Waals surface area contributed by atoms with E-state index in [9.17, 15) is 22.8 Å². The van der Waals surface area contributed by atoms with E-state index in [0.717, 1.165) is 9.18 Å². The lowest BCUT2D eigenvalue weighted by atomic mass is 10.1. The summed E-state index contributed by atoms with van der Waals surface area (Å²) < 4.78 is 33.0. The normalized spacial score (nSPS) is 19.9. The molecule has 2 fully saturated rings. The summed E-state index contributed by atoms with van der Waals surface area (Å²) in [5, 5.41) is 0. The van der Waals surface area contributed by atoms with Crippen LogP contribution in [0.25, 0.3) is 0 Å². The third-order valence-electron chi connectivity index (χ3n) is 6.11. The summed E-state index contributed by atoms with van der Waals surface area (Å²) in [4.78, 5) is 48.5. The number of hydrogen-bond donors (Lipinski definition) is 0. The molecule has 1 aromatic heterocycles. The van der Waals surface area contributed by atoms with Crippen LogP contribution in [0.4, 0.5) is 0 Å². The topological polar surface area (TPSA) is 120 Å². The Balaban J connectivity index is 1.74. The molecular formula is C22H32ClN5O6S2. The van der Waals surface area contributed by atoms with Gasteiger partial charge < -0.3 is 19.4 Å². The van der Waals surface area contributed by atoms with E-state index >= 15 is 0 Å². The molecule has 0 radical (unpaired) electrons. The minimum Gasteiger partial charge on any atom is -0.378 e. The quantitative estimate of drug-likeness (QED) is 0.302. The van der Waals surface area contributed by atoms with E-state index in [1.54, 1.807) is 36.0 Å². The highest BCUT2D eigenvalue weighted by molar-refractivity contribution is 7.89. The molecule has 0 N–H and O–H groups in total. The molecule has 200 valence electrons. The van der Waals surface area contributed by atoms with Crippen LogP contribution in [0, 0.1) is 0 Å². The van der Waals surface area contributed by atoms with Crippen molar-refractivity contribution in [1.82, 2.24) is 19.0 Å². The number of aliphatic imine (C=N–C) groups is 1. The van der Waals surface area contributed by atoms with Crippen molar-refractivity contribution in [3.8, 4) is 0 Å². The van der Waals surface area contributed by atoms with Gasteiger partial charge >= 0.3 is 0 Å². The van der Waals surface area contributed by atoms with Crippen LogP contribution in [0.5, 0.6) is 0 Å². The molecule has 2 atom stereocenters. The summed E-state index contributed by atoms with van der Waals surface area (Å²) in [5.74, 6) is -1.56. The highest BCUT2D eigenvalue weighted by atomic mass is 35.5. The van der Waals surface area contributed by atoms with Gasteiger partial charge in [-0.15, -0.1) is 11.3 Å². The van der Waals surface area contributed by atoms with Crippen LogP contribution in [-0.2, 0) is 35.6 Å². The Labute approximate surface area is 220 Å². The highest BCUT2D eigenvalue weighted by Crippen LogP contribution is 2.26. The van der Waals surface area contributed by atoms with Gasteiger partial charge in [-0.25, -0.2) is 13.4 Å². The van der Waals surface area contributed by atoms with Gasteiger partial charge in [-0.1, -0.05) is 11.6 Å². The van der Waals surface area contributed by atoms with Crippen molar-refractivity contribution in [2.75, 3.05) is 59.7 Å². The number of sulfonamides is 1. The van der Waals surface area contributed by atoms with E-state index in [0.29, 0.717) is 30.6 Å². The minimum absolute atomic E-state index is 0.162. The molecule has 14 heteroatoms. The second-order valence-electron chi connectivity index (χ2n) is 8.88. The number of hydrogen-bond acceptors (Lipinski definition) is 7. The fourth-order valence-corrected chi connectivity index (χ4v) is 6.68. The molecule has 11 nitrogen and oxygen atoms in total. The standard InChI is InChI=1S/C22H32ClN5O6S2/c1-25(2)15-24-20(29)14-18(21(30)27-9-11-34-12-10-27)28-8-6-17(22(28)31)26(3)36(32,33)13-7-16-4-5-19(23)35-16/h4-5,15,17-18H,6-14H2,1-3H3/t17-,18-/m0/s1. The molecule has 0 aliphatic carbocycles. The van der Waals surface area contributed by atoms with Gasteiger partial charge in [0.25, 0.3) is 0 Å². The molecule has 3 heterocycles.